The van der Waals surface area contributed by atoms with Crippen molar-refractivity contribution in [3.8, 4) is 0 Å². The van der Waals surface area contributed by atoms with Gasteiger partial charge in [0.05, 0.1) is 24.0 Å². The monoisotopic (exact) mass is 315 g/mol. The van der Waals surface area contributed by atoms with E-state index in [4.69, 9.17) is 10.5 Å². The second kappa shape index (κ2) is 6.89. The maximum Gasteiger partial charge on any atom is 0.253 e. The number of methoxy groups -OCH3 is 1. The predicted molar refractivity (Wildman–Crippen MR) is 84.8 cm³/mol. The maximum absolute atomic E-state index is 12.3. The third-order valence-corrected chi connectivity index (χ3v) is 4.40. The van der Waals surface area contributed by atoms with E-state index in [1.807, 2.05) is 10.8 Å². The lowest BCUT2D eigenvalue weighted by atomic mass is 9.84. The van der Waals surface area contributed by atoms with Crippen LogP contribution in [0.2, 0.25) is 0 Å². The smallest absolute Gasteiger partial charge is 0.253 e. The van der Waals surface area contributed by atoms with E-state index >= 15 is 0 Å². The normalized spacial score (nSPS) is 27.6. The Morgan fingerprint density at radius 3 is 2.91 bits per heavy atom. The van der Waals surface area contributed by atoms with Gasteiger partial charge in [0.2, 0.25) is 0 Å². The lowest BCUT2D eigenvalue weighted by Crippen LogP contribution is -2.55. The number of aromatic nitrogens is 3. The number of imidazole rings is 1. The summed E-state index contributed by atoms with van der Waals surface area (Å²) in [5.41, 5.74) is 6.79. The zero-order valence-electron chi connectivity index (χ0n) is 13.0. The number of ether oxygens (including phenoxy) is 1. The SMILES string of the molecule is CO[C@@H]1C[C@@H](N)[C@H](NC(=O)c2cccnc2)C[C@H]1n1ccnc1. The summed E-state index contributed by atoms with van der Waals surface area (Å²) in [5.74, 6) is -0.154. The molecule has 0 aromatic carbocycles. The molecule has 122 valence electrons. The molecule has 2 heterocycles. The molecule has 2 aromatic heterocycles. The van der Waals surface area contributed by atoms with E-state index in [-0.39, 0.29) is 30.1 Å². The fourth-order valence-electron chi connectivity index (χ4n) is 3.12. The van der Waals surface area contributed by atoms with Crippen LogP contribution < -0.4 is 11.1 Å². The number of amides is 1. The topological polar surface area (TPSA) is 95.1 Å². The van der Waals surface area contributed by atoms with Crippen molar-refractivity contribution in [1.82, 2.24) is 19.9 Å². The van der Waals surface area contributed by atoms with Crippen molar-refractivity contribution in [2.24, 2.45) is 5.73 Å². The van der Waals surface area contributed by atoms with Gasteiger partial charge in [0.1, 0.15) is 0 Å². The molecule has 3 rings (SSSR count). The zero-order valence-corrected chi connectivity index (χ0v) is 13.0. The summed E-state index contributed by atoms with van der Waals surface area (Å²) in [6, 6.07) is 3.30. The minimum atomic E-state index is -0.154. The third kappa shape index (κ3) is 3.40. The molecular weight excluding hydrogens is 294 g/mol. The van der Waals surface area contributed by atoms with Crippen molar-refractivity contribution in [3.63, 3.8) is 0 Å². The highest BCUT2D eigenvalue weighted by molar-refractivity contribution is 5.94. The molecule has 3 N–H and O–H groups in total. The van der Waals surface area contributed by atoms with Crippen molar-refractivity contribution in [2.75, 3.05) is 7.11 Å². The van der Waals surface area contributed by atoms with E-state index in [0.29, 0.717) is 18.4 Å². The number of carbonyl (C=O) groups is 1. The summed E-state index contributed by atoms with van der Waals surface area (Å²) >= 11 is 0. The number of carbonyl (C=O) groups excluding carboxylic acids is 1. The Hall–Kier alpha value is -2.25. The Kier molecular flexibility index (Phi) is 4.68. The molecule has 0 saturated heterocycles. The van der Waals surface area contributed by atoms with Crippen LogP contribution in [0.5, 0.6) is 0 Å². The van der Waals surface area contributed by atoms with Gasteiger partial charge in [0.25, 0.3) is 5.91 Å². The number of hydrogen-bond donors (Lipinski definition) is 2. The van der Waals surface area contributed by atoms with Crippen LogP contribution >= 0.6 is 0 Å². The standard InChI is InChI=1S/C16H21N5O2/c1-23-15-7-12(17)13(8-14(15)21-6-5-19-10-21)20-16(22)11-3-2-4-18-9-11/h2-6,9-10,12-15H,7-8,17H2,1H3,(H,20,22)/t12-,13-,14-,15-/m1/s1. The second-order valence-electron chi connectivity index (χ2n) is 5.81. The molecule has 0 aliphatic heterocycles. The molecule has 1 aliphatic rings. The zero-order chi connectivity index (χ0) is 16.2. The van der Waals surface area contributed by atoms with Crippen LogP contribution in [-0.2, 0) is 4.74 Å². The lowest BCUT2D eigenvalue weighted by Gasteiger charge is -2.40. The average molecular weight is 315 g/mol. The largest absolute Gasteiger partial charge is 0.379 e. The summed E-state index contributed by atoms with van der Waals surface area (Å²) in [6.45, 7) is 0. The first-order valence-electron chi connectivity index (χ1n) is 7.65. The Morgan fingerprint density at radius 1 is 1.39 bits per heavy atom. The van der Waals surface area contributed by atoms with E-state index in [1.54, 1.807) is 44.2 Å². The molecule has 1 fully saturated rings. The van der Waals surface area contributed by atoms with Crippen LogP contribution in [-0.4, -0.2) is 45.7 Å². The molecule has 1 saturated carbocycles. The first-order chi connectivity index (χ1) is 11.2. The molecule has 2 aromatic rings. The molecule has 1 amide bonds. The van der Waals surface area contributed by atoms with Crippen LogP contribution in [0.1, 0.15) is 29.2 Å². The molecule has 7 nitrogen and oxygen atoms in total. The number of nitrogens with one attached hydrogen (secondary N) is 1. The van der Waals surface area contributed by atoms with Crippen LogP contribution in [0.25, 0.3) is 0 Å². The number of hydrogen-bond acceptors (Lipinski definition) is 5. The quantitative estimate of drug-likeness (QED) is 0.868. The van der Waals surface area contributed by atoms with Gasteiger partial charge in [-0.25, -0.2) is 4.98 Å². The highest BCUT2D eigenvalue weighted by Crippen LogP contribution is 2.30. The number of nitrogens with two attached hydrogens (primary N) is 1. The highest BCUT2D eigenvalue weighted by Gasteiger charge is 2.37. The van der Waals surface area contributed by atoms with Gasteiger partial charge in [-0.3, -0.25) is 9.78 Å². The van der Waals surface area contributed by atoms with Gasteiger partial charge in [-0.05, 0) is 25.0 Å². The van der Waals surface area contributed by atoms with E-state index in [2.05, 4.69) is 15.3 Å². The van der Waals surface area contributed by atoms with Crippen molar-refractivity contribution in [1.29, 1.82) is 0 Å². The number of rotatable bonds is 4. The van der Waals surface area contributed by atoms with Gasteiger partial charge in [-0.2, -0.15) is 0 Å². The van der Waals surface area contributed by atoms with Crippen LogP contribution in [0.4, 0.5) is 0 Å². The van der Waals surface area contributed by atoms with Gasteiger partial charge >= 0.3 is 0 Å². The van der Waals surface area contributed by atoms with Crippen molar-refractivity contribution in [2.45, 2.75) is 37.1 Å². The first-order valence-corrected chi connectivity index (χ1v) is 7.65. The molecule has 1 aliphatic carbocycles. The first kappa shape index (κ1) is 15.6. The van der Waals surface area contributed by atoms with Crippen LogP contribution in [0.3, 0.4) is 0 Å². The number of pyridine rings is 1. The fourth-order valence-corrected chi connectivity index (χ4v) is 3.12. The highest BCUT2D eigenvalue weighted by atomic mass is 16.5. The van der Waals surface area contributed by atoms with Gasteiger partial charge in [0, 0.05) is 44.0 Å². The molecule has 4 atom stereocenters. The Labute approximate surface area is 134 Å². The van der Waals surface area contributed by atoms with E-state index in [9.17, 15) is 4.79 Å². The summed E-state index contributed by atoms with van der Waals surface area (Å²) in [4.78, 5) is 20.4. The molecule has 0 radical (unpaired) electrons. The van der Waals surface area contributed by atoms with Crippen LogP contribution in [0.15, 0.2) is 43.2 Å². The Morgan fingerprint density at radius 2 is 2.26 bits per heavy atom. The summed E-state index contributed by atoms with van der Waals surface area (Å²) in [5, 5.41) is 3.03. The summed E-state index contributed by atoms with van der Waals surface area (Å²) in [6.07, 6.45) is 9.99. The van der Waals surface area contributed by atoms with Crippen molar-refractivity contribution in [3.05, 3.63) is 48.8 Å². The predicted octanol–water partition coefficient (Wildman–Crippen LogP) is 0.754. The van der Waals surface area contributed by atoms with Crippen molar-refractivity contribution < 1.29 is 9.53 Å². The van der Waals surface area contributed by atoms with Gasteiger partial charge < -0.3 is 20.4 Å². The maximum atomic E-state index is 12.3. The van der Waals surface area contributed by atoms with E-state index in [1.165, 1.54) is 0 Å². The van der Waals surface area contributed by atoms with Gasteiger partial charge in [-0.1, -0.05) is 0 Å². The molecule has 0 unspecified atom stereocenters. The van der Waals surface area contributed by atoms with Gasteiger partial charge in [-0.15, -0.1) is 0 Å². The minimum absolute atomic E-state index is 0.00532. The molecule has 7 heteroatoms. The van der Waals surface area contributed by atoms with E-state index < -0.39 is 0 Å². The Bertz CT molecular complexity index is 631. The summed E-state index contributed by atoms with van der Waals surface area (Å²) in [7, 11) is 1.69. The minimum Gasteiger partial charge on any atom is -0.379 e. The van der Waals surface area contributed by atoms with Crippen LogP contribution in [0, 0.1) is 0 Å². The molecular formula is C16H21N5O2. The van der Waals surface area contributed by atoms with Gasteiger partial charge in [0.15, 0.2) is 0 Å². The lowest BCUT2D eigenvalue weighted by molar-refractivity contribution is 0.0128. The summed E-state index contributed by atoms with van der Waals surface area (Å²) < 4.78 is 7.60. The Balaban J connectivity index is 1.73. The molecule has 23 heavy (non-hydrogen) atoms. The van der Waals surface area contributed by atoms with Crippen molar-refractivity contribution >= 4 is 5.91 Å². The molecule has 0 spiro atoms. The fraction of sp³-hybridized carbons (Fsp3) is 0.438. The second-order valence-corrected chi connectivity index (χ2v) is 5.81. The average Bonchev–Trinajstić information content (AvgIpc) is 3.11. The molecule has 0 bridgehead atoms. The third-order valence-electron chi connectivity index (χ3n) is 4.40. The number of nitrogens with zero attached hydrogens (tertiary/aromatic N) is 3. The van der Waals surface area contributed by atoms with E-state index in [0.717, 1.165) is 0 Å².